The van der Waals surface area contributed by atoms with Gasteiger partial charge in [0, 0.05) is 43.7 Å². The lowest BCUT2D eigenvalue weighted by atomic mass is 10.0. The van der Waals surface area contributed by atoms with Crippen LogP contribution in [0.1, 0.15) is 0 Å². The molecule has 0 saturated heterocycles. The van der Waals surface area contributed by atoms with Crippen molar-refractivity contribution in [2.45, 2.75) is 0 Å². The van der Waals surface area contributed by atoms with Crippen LogP contribution in [0.15, 0.2) is 273 Å². The van der Waals surface area contributed by atoms with Crippen molar-refractivity contribution in [3.05, 3.63) is 273 Å². The average Bonchev–Trinajstić information content (AvgIpc) is 4.08. The minimum atomic E-state index is -2.72. The molecule has 3 nitrogen and oxygen atoms in total. The van der Waals surface area contributed by atoms with E-state index < -0.39 is 8.07 Å². The molecule has 0 amide bonds. The van der Waals surface area contributed by atoms with Crippen LogP contribution >= 0.6 is 0 Å². The highest BCUT2D eigenvalue weighted by Crippen LogP contribution is 2.41. The number of para-hydroxylation sites is 5. The molecule has 328 valence electrons. The van der Waals surface area contributed by atoms with Gasteiger partial charge in [-0.15, -0.1) is 0 Å². The molecule has 4 heteroatoms. The van der Waals surface area contributed by atoms with Gasteiger partial charge in [-0.3, -0.25) is 0 Å². The number of hydrogen-bond donors (Lipinski definition) is 0. The SMILES string of the molecule is c1ccc(-n2c3ccccc3c3cc(-c4ccc5c6ccccc6n(-c6cccc7c8ccccc8n(-c8ccc([Si](c9ccccc9)(c9ccccc9)c9ccccc9)cc8)c67)c5c4)ccc32)cc1. The lowest BCUT2D eigenvalue weighted by Gasteiger charge is -2.34. The van der Waals surface area contributed by atoms with E-state index in [1.165, 1.54) is 97.3 Å². The summed E-state index contributed by atoms with van der Waals surface area (Å²) in [6.07, 6.45) is 0. The topological polar surface area (TPSA) is 14.8 Å². The van der Waals surface area contributed by atoms with Crippen molar-refractivity contribution < 1.29 is 0 Å². The quantitative estimate of drug-likeness (QED) is 0.107. The van der Waals surface area contributed by atoms with Crippen LogP contribution in [0.3, 0.4) is 0 Å². The van der Waals surface area contributed by atoms with Crippen LogP contribution in [0.5, 0.6) is 0 Å². The molecule has 0 aliphatic heterocycles. The van der Waals surface area contributed by atoms with Gasteiger partial charge < -0.3 is 13.7 Å². The monoisotopic (exact) mass is 907 g/mol. The van der Waals surface area contributed by atoms with Gasteiger partial charge in [-0.2, -0.15) is 0 Å². The molecule has 0 aliphatic rings. The van der Waals surface area contributed by atoms with E-state index in [1.807, 2.05) is 0 Å². The number of rotatable bonds is 8. The van der Waals surface area contributed by atoms with Crippen LogP contribution in [0, 0.1) is 0 Å². The maximum Gasteiger partial charge on any atom is 0.179 e. The summed E-state index contributed by atoms with van der Waals surface area (Å²) in [5.41, 5.74) is 12.9. The first-order valence-corrected chi connectivity index (χ1v) is 26.2. The fourth-order valence-electron chi connectivity index (χ4n) is 11.8. The highest BCUT2D eigenvalue weighted by molar-refractivity contribution is 7.19. The Bertz CT molecular complexity index is 4170. The van der Waals surface area contributed by atoms with E-state index >= 15 is 0 Å². The zero-order valence-corrected chi connectivity index (χ0v) is 39.3. The van der Waals surface area contributed by atoms with Gasteiger partial charge in [0.2, 0.25) is 0 Å². The van der Waals surface area contributed by atoms with E-state index in [0.717, 1.165) is 17.1 Å². The van der Waals surface area contributed by atoms with Gasteiger partial charge in [-0.05, 0) is 98.6 Å². The summed E-state index contributed by atoms with van der Waals surface area (Å²) < 4.78 is 7.40. The maximum atomic E-state index is 2.51. The molecule has 0 fully saturated rings. The number of fused-ring (bicyclic) bond motifs is 9. The molecule has 70 heavy (non-hydrogen) atoms. The summed E-state index contributed by atoms with van der Waals surface area (Å²) in [7, 11) is -2.72. The molecule has 0 unspecified atom stereocenters. The normalized spacial score (nSPS) is 12.0. The third-order valence-electron chi connectivity index (χ3n) is 14.8. The van der Waals surface area contributed by atoms with Crippen LogP contribution in [-0.4, -0.2) is 21.8 Å². The predicted molar refractivity (Wildman–Crippen MR) is 299 cm³/mol. The number of benzene rings is 11. The summed E-state index contributed by atoms with van der Waals surface area (Å²) in [5, 5.41) is 12.9. The zero-order valence-electron chi connectivity index (χ0n) is 38.3. The molecule has 3 aromatic heterocycles. The molecular weight excluding hydrogens is 863 g/mol. The van der Waals surface area contributed by atoms with Gasteiger partial charge in [-0.1, -0.05) is 206 Å². The first kappa shape index (κ1) is 40.1. The second-order valence-electron chi connectivity index (χ2n) is 18.4. The number of aromatic nitrogens is 3. The average molecular weight is 908 g/mol. The van der Waals surface area contributed by atoms with E-state index in [4.69, 9.17) is 0 Å². The molecule has 0 bridgehead atoms. The first-order chi connectivity index (χ1) is 34.8. The number of nitrogens with zero attached hydrogens (tertiary/aromatic N) is 3. The van der Waals surface area contributed by atoms with Crippen LogP contribution < -0.4 is 20.7 Å². The zero-order chi connectivity index (χ0) is 46.2. The van der Waals surface area contributed by atoms with Gasteiger partial charge >= 0.3 is 0 Å². The Morgan fingerprint density at radius 3 is 1.26 bits per heavy atom. The minimum Gasteiger partial charge on any atom is -0.309 e. The van der Waals surface area contributed by atoms with Crippen LogP contribution in [0.25, 0.3) is 93.6 Å². The van der Waals surface area contributed by atoms with Crippen molar-refractivity contribution in [3.63, 3.8) is 0 Å². The van der Waals surface area contributed by atoms with Crippen molar-refractivity contribution in [2.75, 3.05) is 0 Å². The van der Waals surface area contributed by atoms with Crippen molar-refractivity contribution in [3.8, 4) is 28.2 Å². The van der Waals surface area contributed by atoms with E-state index in [2.05, 4.69) is 287 Å². The van der Waals surface area contributed by atoms with Crippen LogP contribution in [-0.2, 0) is 0 Å². The predicted octanol–water partition coefficient (Wildman–Crippen LogP) is 14.0. The molecule has 11 aromatic carbocycles. The Labute approximate surface area is 407 Å². The van der Waals surface area contributed by atoms with E-state index in [9.17, 15) is 0 Å². The van der Waals surface area contributed by atoms with Gasteiger partial charge in [0.05, 0.1) is 38.8 Å². The van der Waals surface area contributed by atoms with Crippen LogP contribution in [0.2, 0.25) is 0 Å². The molecule has 0 aliphatic carbocycles. The summed E-state index contributed by atoms with van der Waals surface area (Å²) in [5.74, 6) is 0. The van der Waals surface area contributed by atoms with Crippen molar-refractivity contribution >= 4 is 94.2 Å². The standard InChI is InChI=1S/C66H45N3Si/c1-5-20-48(21-6-1)67-60-32-16-15-30-56(60)59-44-46(37-43-63(59)67)47-36-42-57-54-28-13-18-34-62(54)69(65(57)45-47)64-35-19-31-58-55-29-14-17-33-61(55)68(66(58)64)49-38-40-53(41-39-49)70(50-22-7-2-8-23-50,51-24-9-3-10-25-51)52-26-11-4-12-27-52/h1-45H. The molecular formula is C66H45N3Si. The highest BCUT2D eigenvalue weighted by atomic mass is 28.3. The summed E-state index contributed by atoms with van der Waals surface area (Å²) in [6.45, 7) is 0. The largest absolute Gasteiger partial charge is 0.309 e. The fraction of sp³-hybridized carbons (Fsp3) is 0. The summed E-state index contributed by atoms with van der Waals surface area (Å²) >= 11 is 0. The molecule has 0 saturated carbocycles. The first-order valence-electron chi connectivity index (χ1n) is 24.2. The summed E-state index contributed by atoms with van der Waals surface area (Å²) in [4.78, 5) is 0. The maximum absolute atomic E-state index is 2.72. The molecule has 0 atom stereocenters. The Morgan fingerprint density at radius 1 is 0.229 bits per heavy atom. The summed E-state index contributed by atoms with van der Waals surface area (Å²) in [6, 6.07) is 101. The third kappa shape index (κ3) is 6.00. The third-order valence-corrected chi connectivity index (χ3v) is 19.6. The number of hydrogen-bond acceptors (Lipinski definition) is 0. The Hall–Kier alpha value is -8.96. The highest BCUT2D eigenvalue weighted by Gasteiger charge is 2.41. The van der Waals surface area contributed by atoms with Crippen molar-refractivity contribution in [1.29, 1.82) is 0 Å². The molecule has 3 heterocycles. The molecule has 14 aromatic rings. The molecule has 0 spiro atoms. The van der Waals surface area contributed by atoms with Crippen molar-refractivity contribution in [1.82, 2.24) is 13.7 Å². The van der Waals surface area contributed by atoms with Gasteiger partial charge in [-0.25, -0.2) is 0 Å². The molecule has 14 rings (SSSR count). The lowest BCUT2D eigenvalue weighted by Crippen LogP contribution is -2.74. The van der Waals surface area contributed by atoms with Crippen molar-refractivity contribution in [2.24, 2.45) is 0 Å². The van der Waals surface area contributed by atoms with E-state index in [0.29, 0.717) is 0 Å². The second kappa shape index (κ2) is 16.1. The Morgan fingerprint density at radius 2 is 0.643 bits per heavy atom. The lowest BCUT2D eigenvalue weighted by molar-refractivity contribution is 1.13. The van der Waals surface area contributed by atoms with Gasteiger partial charge in [0.25, 0.3) is 0 Å². The minimum absolute atomic E-state index is 1.13. The van der Waals surface area contributed by atoms with E-state index in [1.54, 1.807) is 0 Å². The molecule has 0 N–H and O–H groups in total. The van der Waals surface area contributed by atoms with Gasteiger partial charge in [0.1, 0.15) is 0 Å². The smallest absolute Gasteiger partial charge is 0.179 e. The van der Waals surface area contributed by atoms with Crippen LogP contribution in [0.4, 0.5) is 0 Å². The molecule has 0 radical (unpaired) electrons. The fourth-order valence-corrected chi connectivity index (χ4v) is 16.5. The van der Waals surface area contributed by atoms with E-state index in [-0.39, 0.29) is 0 Å². The Kier molecular flexibility index (Phi) is 9.23. The van der Waals surface area contributed by atoms with Gasteiger partial charge in [0.15, 0.2) is 8.07 Å². The Balaban J connectivity index is 0.982. The second-order valence-corrected chi connectivity index (χ2v) is 22.2.